The molecule has 2 heterocycles. The van der Waals surface area contributed by atoms with Crippen LogP contribution >= 0.6 is 0 Å². The van der Waals surface area contributed by atoms with Gasteiger partial charge in [-0.05, 0) is 30.7 Å². The van der Waals surface area contributed by atoms with Gasteiger partial charge in [0.05, 0.1) is 52.6 Å². The van der Waals surface area contributed by atoms with Crippen LogP contribution in [0.5, 0.6) is 0 Å². The number of anilines is 1. The lowest BCUT2D eigenvalue weighted by molar-refractivity contribution is 0.100. The predicted octanol–water partition coefficient (Wildman–Crippen LogP) is 2.13. The van der Waals surface area contributed by atoms with Gasteiger partial charge in [-0.3, -0.25) is 4.79 Å². The molecule has 4 rings (SSSR count). The van der Waals surface area contributed by atoms with Crippen LogP contribution in [0.3, 0.4) is 0 Å². The van der Waals surface area contributed by atoms with E-state index in [2.05, 4.69) is 26.4 Å². The maximum atomic E-state index is 12.2. The van der Waals surface area contributed by atoms with E-state index in [1.54, 1.807) is 6.33 Å². The van der Waals surface area contributed by atoms with Gasteiger partial charge >= 0.3 is 0 Å². The Morgan fingerprint density at radius 2 is 2.14 bits per heavy atom. The molecule has 1 amide bonds. The van der Waals surface area contributed by atoms with E-state index < -0.39 is 5.91 Å². The summed E-state index contributed by atoms with van der Waals surface area (Å²) in [4.78, 5) is 26.0. The minimum atomic E-state index is -0.544. The number of aromatic amines is 1. The number of aliphatic hydroxyl groups excluding tert-OH is 1. The molecule has 0 saturated carbocycles. The second-order valence-electron chi connectivity index (χ2n) is 6.69. The molecule has 144 valence electrons. The van der Waals surface area contributed by atoms with Gasteiger partial charge in [0.2, 0.25) is 0 Å². The number of imidazole rings is 2. The SMILES string of the molecule is CCn1cnc2cc(-c3cc(N(C)CCO)c(C(N)=O)c4[nH]cnc34)ccc21. The molecule has 0 aliphatic rings. The summed E-state index contributed by atoms with van der Waals surface area (Å²) in [6, 6.07) is 7.99. The maximum Gasteiger partial charge on any atom is 0.253 e. The Bertz CT molecular complexity index is 1180. The summed E-state index contributed by atoms with van der Waals surface area (Å²) in [7, 11) is 1.82. The highest BCUT2D eigenvalue weighted by molar-refractivity contribution is 6.13. The van der Waals surface area contributed by atoms with Crippen molar-refractivity contribution in [1.29, 1.82) is 0 Å². The Labute approximate surface area is 161 Å². The number of amides is 1. The van der Waals surface area contributed by atoms with Crippen LogP contribution in [0.15, 0.2) is 36.9 Å². The third-order valence-corrected chi connectivity index (χ3v) is 5.05. The Kier molecular flexibility index (Phi) is 4.48. The number of nitrogens with zero attached hydrogens (tertiary/aromatic N) is 4. The van der Waals surface area contributed by atoms with Crippen LogP contribution in [0.1, 0.15) is 17.3 Å². The third-order valence-electron chi connectivity index (χ3n) is 5.05. The minimum Gasteiger partial charge on any atom is -0.395 e. The van der Waals surface area contributed by atoms with Gasteiger partial charge in [0.25, 0.3) is 5.91 Å². The first-order valence-corrected chi connectivity index (χ1v) is 9.12. The number of rotatable bonds is 6. The lowest BCUT2D eigenvalue weighted by atomic mass is 9.98. The van der Waals surface area contributed by atoms with Gasteiger partial charge < -0.3 is 25.3 Å². The molecular formula is C20H22N6O2. The number of nitrogens with two attached hydrogens (primary N) is 1. The van der Waals surface area contributed by atoms with Gasteiger partial charge in [-0.1, -0.05) is 6.07 Å². The van der Waals surface area contributed by atoms with Gasteiger partial charge in [-0.25, -0.2) is 9.97 Å². The fourth-order valence-corrected chi connectivity index (χ4v) is 3.62. The largest absolute Gasteiger partial charge is 0.395 e. The number of carbonyl (C=O) groups is 1. The van der Waals surface area contributed by atoms with Crippen molar-refractivity contribution in [3.63, 3.8) is 0 Å². The summed E-state index contributed by atoms with van der Waals surface area (Å²) in [5.41, 5.74) is 11.7. The quantitative estimate of drug-likeness (QED) is 0.476. The van der Waals surface area contributed by atoms with Crippen LogP contribution in [0.25, 0.3) is 33.2 Å². The molecule has 0 spiro atoms. The van der Waals surface area contributed by atoms with E-state index in [1.807, 2.05) is 42.5 Å². The topological polar surface area (TPSA) is 113 Å². The molecule has 2 aromatic carbocycles. The number of primary amides is 1. The van der Waals surface area contributed by atoms with Crippen LogP contribution in [-0.2, 0) is 6.54 Å². The Balaban J connectivity index is 1.97. The molecule has 0 aliphatic heterocycles. The van der Waals surface area contributed by atoms with Crippen LogP contribution in [0.4, 0.5) is 5.69 Å². The smallest absolute Gasteiger partial charge is 0.253 e. The molecule has 0 atom stereocenters. The number of hydrogen-bond donors (Lipinski definition) is 3. The summed E-state index contributed by atoms with van der Waals surface area (Å²) in [5.74, 6) is -0.544. The number of carbonyl (C=O) groups excluding carboxylic acids is 1. The van der Waals surface area contributed by atoms with Crippen molar-refractivity contribution < 1.29 is 9.90 Å². The zero-order chi connectivity index (χ0) is 19.8. The molecule has 0 bridgehead atoms. The Morgan fingerprint density at radius 1 is 1.32 bits per heavy atom. The molecule has 2 aromatic heterocycles. The fourth-order valence-electron chi connectivity index (χ4n) is 3.62. The minimum absolute atomic E-state index is 0.0362. The summed E-state index contributed by atoms with van der Waals surface area (Å²) in [6.45, 7) is 3.27. The van der Waals surface area contributed by atoms with Crippen molar-refractivity contribution in [3.05, 3.63) is 42.5 Å². The Morgan fingerprint density at radius 3 is 2.86 bits per heavy atom. The number of aromatic nitrogens is 4. The number of aryl methyl sites for hydroxylation is 1. The number of nitrogens with one attached hydrogen (secondary N) is 1. The van der Waals surface area contributed by atoms with E-state index >= 15 is 0 Å². The van der Waals surface area contributed by atoms with E-state index in [1.165, 1.54) is 0 Å². The average molecular weight is 378 g/mol. The molecule has 0 unspecified atom stereocenters. The van der Waals surface area contributed by atoms with Gasteiger partial charge in [0, 0.05) is 25.7 Å². The molecule has 8 heteroatoms. The van der Waals surface area contributed by atoms with Crippen molar-refractivity contribution in [2.75, 3.05) is 25.1 Å². The zero-order valence-corrected chi connectivity index (χ0v) is 15.8. The highest BCUT2D eigenvalue weighted by Gasteiger charge is 2.21. The predicted molar refractivity (Wildman–Crippen MR) is 109 cm³/mol. The van der Waals surface area contributed by atoms with Crippen LogP contribution in [-0.4, -0.2) is 50.7 Å². The van der Waals surface area contributed by atoms with E-state index in [0.29, 0.717) is 28.8 Å². The number of aliphatic hydroxyl groups is 1. The lowest BCUT2D eigenvalue weighted by Crippen LogP contribution is -2.25. The number of fused-ring (bicyclic) bond motifs is 2. The number of H-pyrrole nitrogens is 1. The highest BCUT2D eigenvalue weighted by atomic mass is 16.3. The van der Waals surface area contributed by atoms with Gasteiger partial charge in [0.1, 0.15) is 0 Å². The number of benzene rings is 2. The molecule has 0 fully saturated rings. The van der Waals surface area contributed by atoms with Crippen LogP contribution in [0.2, 0.25) is 0 Å². The summed E-state index contributed by atoms with van der Waals surface area (Å²) in [5, 5.41) is 9.34. The van der Waals surface area contributed by atoms with Crippen molar-refractivity contribution >= 4 is 33.7 Å². The van der Waals surface area contributed by atoms with Crippen LogP contribution < -0.4 is 10.6 Å². The first-order valence-electron chi connectivity index (χ1n) is 9.12. The zero-order valence-electron chi connectivity index (χ0n) is 15.8. The molecule has 4 N–H and O–H groups in total. The standard InChI is InChI=1S/C20H22N6O2/c1-3-26-11-24-14-8-12(4-5-15(14)26)13-9-16(25(2)6-7-27)17(20(21)28)19-18(13)22-10-23-19/h4-5,8-11,27H,3,6-7H2,1-2H3,(H2,21,28)(H,22,23). The molecule has 0 aliphatic carbocycles. The third kappa shape index (κ3) is 2.78. The normalized spacial score (nSPS) is 11.4. The van der Waals surface area contributed by atoms with Crippen molar-refractivity contribution in [2.24, 2.45) is 5.73 Å². The number of hydrogen-bond acceptors (Lipinski definition) is 5. The molecular weight excluding hydrogens is 356 g/mol. The molecule has 0 radical (unpaired) electrons. The molecule has 4 aromatic rings. The van der Waals surface area contributed by atoms with Crippen LogP contribution in [0, 0.1) is 0 Å². The summed E-state index contributed by atoms with van der Waals surface area (Å²) in [6.07, 6.45) is 3.38. The molecule has 0 saturated heterocycles. The molecule has 28 heavy (non-hydrogen) atoms. The van der Waals surface area contributed by atoms with Crippen molar-refractivity contribution in [1.82, 2.24) is 19.5 Å². The van der Waals surface area contributed by atoms with Crippen molar-refractivity contribution in [2.45, 2.75) is 13.5 Å². The van der Waals surface area contributed by atoms with Crippen molar-refractivity contribution in [3.8, 4) is 11.1 Å². The summed E-state index contributed by atoms with van der Waals surface area (Å²) >= 11 is 0. The van der Waals surface area contributed by atoms with Gasteiger partial charge in [0.15, 0.2) is 0 Å². The van der Waals surface area contributed by atoms with E-state index in [-0.39, 0.29) is 6.61 Å². The highest BCUT2D eigenvalue weighted by Crippen LogP contribution is 2.36. The lowest BCUT2D eigenvalue weighted by Gasteiger charge is -2.22. The second kappa shape index (κ2) is 6.97. The first-order chi connectivity index (χ1) is 13.5. The molecule has 8 nitrogen and oxygen atoms in total. The van der Waals surface area contributed by atoms with Gasteiger partial charge in [-0.15, -0.1) is 0 Å². The first kappa shape index (κ1) is 18.0. The monoisotopic (exact) mass is 378 g/mol. The Hall–Kier alpha value is -3.39. The number of likely N-dealkylation sites (N-methyl/N-ethyl adjacent to an activating group) is 1. The van der Waals surface area contributed by atoms with E-state index in [4.69, 9.17) is 5.73 Å². The maximum absolute atomic E-state index is 12.2. The van der Waals surface area contributed by atoms with Gasteiger partial charge in [-0.2, -0.15) is 0 Å². The van der Waals surface area contributed by atoms with E-state index in [0.717, 1.165) is 28.7 Å². The second-order valence-corrected chi connectivity index (χ2v) is 6.69. The van der Waals surface area contributed by atoms with E-state index in [9.17, 15) is 9.90 Å². The average Bonchev–Trinajstić information content (AvgIpc) is 3.32. The summed E-state index contributed by atoms with van der Waals surface area (Å²) < 4.78 is 2.08. The fraction of sp³-hybridized carbons (Fsp3) is 0.250.